The number of benzene rings is 2. The summed E-state index contributed by atoms with van der Waals surface area (Å²) in [5, 5.41) is 2.96. The predicted octanol–water partition coefficient (Wildman–Crippen LogP) is 2.92. The van der Waals surface area contributed by atoms with Crippen LogP contribution in [0.3, 0.4) is 0 Å². The summed E-state index contributed by atoms with van der Waals surface area (Å²) in [6.07, 6.45) is 0. The summed E-state index contributed by atoms with van der Waals surface area (Å²) in [7, 11) is -3.67. The number of amides is 1. The van der Waals surface area contributed by atoms with Crippen molar-refractivity contribution in [3.63, 3.8) is 0 Å². The largest absolute Gasteiger partial charge is 0.379 e. The van der Waals surface area contributed by atoms with Gasteiger partial charge in [0.2, 0.25) is 10.0 Å². The minimum atomic E-state index is -3.67. The van der Waals surface area contributed by atoms with Gasteiger partial charge in [0.05, 0.1) is 28.8 Å². The highest BCUT2D eigenvalue weighted by Gasteiger charge is 2.27. The van der Waals surface area contributed by atoms with Gasteiger partial charge < -0.3 is 10.1 Å². The van der Waals surface area contributed by atoms with Crippen LogP contribution in [0.15, 0.2) is 47.4 Å². The molecular weight excluding hydrogens is 376 g/mol. The first-order chi connectivity index (χ1) is 12.4. The molecule has 26 heavy (non-hydrogen) atoms. The van der Waals surface area contributed by atoms with Crippen molar-refractivity contribution in [1.29, 1.82) is 0 Å². The number of anilines is 1. The van der Waals surface area contributed by atoms with Crippen molar-refractivity contribution in [2.75, 3.05) is 31.6 Å². The van der Waals surface area contributed by atoms with Gasteiger partial charge in [-0.15, -0.1) is 0 Å². The molecule has 3 rings (SSSR count). The number of nitrogens with one attached hydrogen (secondary N) is 1. The van der Waals surface area contributed by atoms with E-state index in [1.54, 1.807) is 18.2 Å². The first-order valence-corrected chi connectivity index (χ1v) is 9.95. The van der Waals surface area contributed by atoms with E-state index in [4.69, 9.17) is 16.3 Å². The van der Waals surface area contributed by atoms with Crippen LogP contribution in [-0.2, 0) is 14.8 Å². The van der Waals surface area contributed by atoms with Gasteiger partial charge in [0.15, 0.2) is 0 Å². The Morgan fingerprint density at radius 1 is 1.15 bits per heavy atom. The van der Waals surface area contributed by atoms with Gasteiger partial charge in [0, 0.05) is 18.7 Å². The lowest BCUT2D eigenvalue weighted by molar-refractivity contribution is 0.0730. The molecule has 2 aromatic carbocycles. The van der Waals surface area contributed by atoms with Crippen molar-refractivity contribution in [2.45, 2.75) is 11.8 Å². The summed E-state index contributed by atoms with van der Waals surface area (Å²) in [6, 6.07) is 11.4. The molecule has 8 heteroatoms. The number of halogens is 1. The Morgan fingerprint density at radius 3 is 2.58 bits per heavy atom. The number of ether oxygens (including phenoxy) is 1. The minimum absolute atomic E-state index is 0.0864. The van der Waals surface area contributed by atoms with E-state index in [0.717, 1.165) is 5.56 Å². The van der Waals surface area contributed by atoms with Gasteiger partial charge in [-0.05, 0) is 37.3 Å². The fourth-order valence-corrected chi connectivity index (χ4v) is 4.28. The number of aryl methyl sites for hydroxylation is 1. The summed E-state index contributed by atoms with van der Waals surface area (Å²) in [5.74, 6) is -0.350. The Labute approximate surface area is 157 Å². The monoisotopic (exact) mass is 394 g/mol. The zero-order valence-corrected chi connectivity index (χ0v) is 15.8. The molecule has 1 heterocycles. The number of hydrogen-bond donors (Lipinski definition) is 1. The maximum absolute atomic E-state index is 12.8. The zero-order valence-electron chi connectivity index (χ0n) is 14.2. The average molecular weight is 395 g/mol. The van der Waals surface area contributed by atoms with Crippen molar-refractivity contribution in [3.05, 3.63) is 58.6 Å². The summed E-state index contributed by atoms with van der Waals surface area (Å²) in [6.45, 7) is 3.22. The third kappa shape index (κ3) is 4.07. The van der Waals surface area contributed by atoms with Crippen molar-refractivity contribution < 1.29 is 17.9 Å². The molecule has 1 aliphatic heterocycles. The number of morpholine rings is 1. The molecular formula is C18H19ClN2O4S. The topological polar surface area (TPSA) is 75.7 Å². The highest BCUT2D eigenvalue weighted by molar-refractivity contribution is 7.89. The van der Waals surface area contributed by atoms with Crippen LogP contribution in [0.2, 0.25) is 5.02 Å². The molecule has 1 aliphatic rings. The van der Waals surface area contributed by atoms with Gasteiger partial charge in [0.25, 0.3) is 5.91 Å². The molecule has 1 N–H and O–H groups in total. The number of carbonyl (C=O) groups excluding carboxylic acids is 1. The van der Waals surface area contributed by atoms with E-state index in [1.807, 2.05) is 13.0 Å². The molecule has 1 fully saturated rings. The van der Waals surface area contributed by atoms with Gasteiger partial charge in [-0.1, -0.05) is 29.3 Å². The second-order valence-corrected chi connectivity index (χ2v) is 8.33. The molecule has 2 aromatic rings. The number of sulfonamides is 1. The lowest BCUT2D eigenvalue weighted by Crippen LogP contribution is -2.40. The zero-order chi connectivity index (χ0) is 18.7. The van der Waals surface area contributed by atoms with E-state index in [9.17, 15) is 13.2 Å². The molecule has 6 nitrogen and oxygen atoms in total. The third-order valence-corrected chi connectivity index (χ3v) is 6.30. The van der Waals surface area contributed by atoms with E-state index in [-0.39, 0.29) is 21.5 Å². The molecule has 1 saturated heterocycles. The quantitative estimate of drug-likeness (QED) is 0.865. The first-order valence-electron chi connectivity index (χ1n) is 8.13. The number of hydrogen-bond acceptors (Lipinski definition) is 4. The Kier molecular flexibility index (Phi) is 5.62. The SMILES string of the molecule is Cc1cccc(C(=O)Nc2cc(S(=O)(=O)N3CCOCC3)ccc2Cl)c1. The summed E-state index contributed by atoms with van der Waals surface area (Å²) >= 11 is 6.15. The van der Waals surface area contributed by atoms with Gasteiger partial charge in [0.1, 0.15) is 0 Å². The van der Waals surface area contributed by atoms with E-state index in [1.165, 1.54) is 22.5 Å². The average Bonchev–Trinajstić information content (AvgIpc) is 2.64. The van der Waals surface area contributed by atoms with Crippen LogP contribution in [0.4, 0.5) is 5.69 Å². The second kappa shape index (κ2) is 7.75. The van der Waals surface area contributed by atoms with Crippen LogP contribution in [0.25, 0.3) is 0 Å². The van der Waals surface area contributed by atoms with Gasteiger partial charge in [-0.2, -0.15) is 4.31 Å². The lowest BCUT2D eigenvalue weighted by Gasteiger charge is -2.26. The van der Waals surface area contributed by atoms with Crippen LogP contribution in [0.1, 0.15) is 15.9 Å². The molecule has 0 bridgehead atoms. The Hall–Kier alpha value is -1.93. The van der Waals surface area contributed by atoms with Gasteiger partial charge in [-0.25, -0.2) is 8.42 Å². The van der Waals surface area contributed by atoms with Crippen molar-refractivity contribution >= 4 is 33.2 Å². The molecule has 138 valence electrons. The molecule has 0 aliphatic carbocycles. The standard InChI is InChI=1S/C18H19ClN2O4S/c1-13-3-2-4-14(11-13)18(22)20-17-12-15(5-6-16(17)19)26(23,24)21-7-9-25-10-8-21/h2-6,11-12H,7-10H2,1H3,(H,20,22). The predicted molar refractivity (Wildman–Crippen MR) is 100 cm³/mol. The second-order valence-electron chi connectivity index (χ2n) is 5.98. The Morgan fingerprint density at radius 2 is 1.88 bits per heavy atom. The molecule has 1 amide bonds. The fourth-order valence-electron chi connectivity index (χ4n) is 2.68. The molecule has 0 radical (unpaired) electrons. The number of carbonyl (C=O) groups is 1. The van der Waals surface area contributed by atoms with E-state index < -0.39 is 10.0 Å². The Balaban J connectivity index is 1.87. The molecule has 0 spiro atoms. The van der Waals surface area contributed by atoms with E-state index >= 15 is 0 Å². The highest BCUT2D eigenvalue weighted by Crippen LogP contribution is 2.28. The first kappa shape index (κ1) is 18.8. The van der Waals surface area contributed by atoms with Gasteiger partial charge in [-0.3, -0.25) is 4.79 Å². The molecule has 0 saturated carbocycles. The van der Waals surface area contributed by atoms with Crippen LogP contribution in [0, 0.1) is 6.92 Å². The summed E-state index contributed by atoms with van der Waals surface area (Å²) < 4.78 is 32.1. The van der Waals surface area contributed by atoms with Crippen LogP contribution >= 0.6 is 11.6 Å². The molecule has 0 atom stereocenters. The van der Waals surface area contributed by atoms with Crippen molar-refractivity contribution in [2.24, 2.45) is 0 Å². The maximum atomic E-state index is 12.8. The lowest BCUT2D eigenvalue weighted by atomic mass is 10.1. The third-order valence-electron chi connectivity index (χ3n) is 4.07. The van der Waals surface area contributed by atoms with Crippen molar-refractivity contribution in [1.82, 2.24) is 4.31 Å². The summed E-state index contributed by atoms with van der Waals surface area (Å²) in [5.41, 5.74) is 1.68. The maximum Gasteiger partial charge on any atom is 0.255 e. The fraction of sp³-hybridized carbons (Fsp3) is 0.278. The van der Waals surface area contributed by atoms with E-state index in [2.05, 4.69) is 5.32 Å². The molecule has 0 aromatic heterocycles. The number of nitrogens with zero attached hydrogens (tertiary/aromatic N) is 1. The summed E-state index contributed by atoms with van der Waals surface area (Å²) in [4.78, 5) is 12.5. The van der Waals surface area contributed by atoms with Crippen LogP contribution in [0.5, 0.6) is 0 Å². The molecule has 0 unspecified atom stereocenters. The number of rotatable bonds is 4. The Bertz CT molecular complexity index is 925. The normalized spacial score (nSPS) is 15.6. The van der Waals surface area contributed by atoms with Crippen molar-refractivity contribution in [3.8, 4) is 0 Å². The van der Waals surface area contributed by atoms with Crippen LogP contribution in [-0.4, -0.2) is 44.9 Å². The van der Waals surface area contributed by atoms with Gasteiger partial charge >= 0.3 is 0 Å². The minimum Gasteiger partial charge on any atom is -0.379 e. The van der Waals surface area contributed by atoms with Crippen LogP contribution < -0.4 is 5.32 Å². The smallest absolute Gasteiger partial charge is 0.255 e. The highest BCUT2D eigenvalue weighted by atomic mass is 35.5. The van der Waals surface area contributed by atoms with E-state index in [0.29, 0.717) is 31.9 Å².